The average molecular weight is 357 g/mol. The van der Waals surface area contributed by atoms with Crippen molar-refractivity contribution in [3.8, 4) is 0 Å². The Morgan fingerprint density at radius 2 is 1.96 bits per heavy atom. The van der Waals surface area contributed by atoms with Crippen LogP contribution in [0.2, 0.25) is 0 Å². The van der Waals surface area contributed by atoms with Gasteiger partial charge in [0.1, 0.15) is 5.82 Å². The van der Waals surface area contributed by atoms with Gasteiger partial charge in [0, 0.05) is 44.5 Å². The van der Waals surface area contributed by atoms with Crippen molar-refractivity contribution in [2.24, 2.45) is 14.1 Å². The number of rotatable bonds is 5. The van der Waals surface area contributed by atoms with Crippen LogP contribution >= 0.6 is 0 Å². The fraction of sp³-hybridized carbons (Fsp3) is 0.316. The third kappa shape index (κ3) is 3.66. The molecule has 2 aromatic rings. The van der Waals surface area contributed by atoms with Crippen LogP contribution in [-0.2, 0) is 25.4 Å². The van der Waals surface area contributed by atoms with Gasteiger partial charge in [-0.15, -0.1) is 0 Å². The molecule has 1 aromatic carbocycles. The Labute approximate surface area is 149 Å². The van der Waals surface area contributed by atoms with E-state index in [4.69, 9.17) is 0 Å². The van der Waals surface area contributed by atoms with Crippen LogP contribution in [0.25, 0.3) is 6.08 Å². The number of carbonyl (C=O) groups is 1. The summed E-state index contributed by atoms with van der Waals surface area (Å²) in [5, 5.41) is 0. The van der Waals surface area contributed by atoms with E-state index in [0.717, 1.165) is 17.4 Å². The first-order chi connectivity index (χ1) is 12.4. The Morgan fingerprint density at radius 1 is 1.27 bits per heavy atom. The Hall–Kier alpha value is -2.96. The van der Waals surface area contributed by atoms with Crippen molar-refractivity contribution in [3.05, 3.63) is 74.3 Å². The summed E-state index contributed by atoms with van der Waals surface area (Å²) in [4.78, 5) is 38.1. The van der Waals surface area contributed by atoms with Crippen LogP contribution in [0.1, 0.15) is 24.0 Å². The minimum atomic E-state index is -0.468. The van der Waals surface area contributed by atoms with E-state index in [9.17, 15) is 18.8 Å². The predicted molar refractivity (Wildman–Crippen MR) is 95.9 cm³/mol. The molecule has 0 aliphatic heterocycles. The molecule has 0 spiro atoms. The fourth-order valence-corrected chi connectivity index (χ4v) is 2.79. The highest BCUT2D eigenvalue weighted by Gasteiger charge is 2.32. The van der Waals surface area contributed by atoms with E-state index >= 15 is 0 Å². The van der Waals surface area contributed by atoms with Gasteiger partial charge in [0.2, 0.25) is 5.91 Å². The first-order valence-electron chi connectivity index (χ1n) is 8.37. The number of aryl methyl sites for hydroxylation is 1. The van der Waals surface area contributed by atoms with Crippen molar-refractivity contribution < 1.29 is 9.18 Å². The van der Waals surface area contributed by atoms with Crippen molar-refractivity contribution in [3.63, 3.8) is 0 Å². The second-order valence-corrected chi connectivity index (χ2v) is 6.46. The van der Waals surface area contributed by atoms with E-state index in [-0.39, 0.29) is 29.9 Å². The first-order valence-corrected chi connectivity index (χ1v) is 8.37. The van der Waals surface area contributed by atoms with Gasteiger partial charge in [-0.25, -0.2) is 9.18 Å². The van der Waals surface area contributed by atoms with Crippen LogP contribution < -0.4 is 11.2 Å². The maximum absolute atomic E-state index is 13.9. The molecule has 0 N–H and O–H groups in total. The van der Waals surface area contributed by atoms with Gasteiger partial charge >= 0.3 is 5.69 Å². The van der Waals surface area contributed by atoms with Crippen molar-refractivity contribution in [1.29, 1.82) is 0 Å². The molecule has 0 unspecified atom stereocenters. The summed E-state index contributed by atoms with van der Waals surface area (Å²) in [5.41, 5.74) is -0.203. The second-order valence-electron chi connectivity index (χ2n) is 6.46. The molecule has 1 aliphatic carbocycles. The summed E-state index contributed by atoms with van der Waals surface area (Å²) in [6.07, 6.45) is 5.87. The quantitative estimate of drug-likeness (QED) is 0.761. The van der Waals surface area contributed by atoms with Crippen molar-refractivity contribution in [2.75, 3.05) is 0 Å². The van der Waals surface area contributed by atoms with E-state index in [1.54, 1.807) is 23.1 Å². The Balaban J connectivity index is 1.83. The largest absolute Gasteiger partial charge is 0.332 e. The first kappa shape index (κ1) is 17.8. The van der Waals surface area contributed by atoms with Crippen LogP contribution in [0.5, 0.6) is 0 Å². The van der Waals surface area contributed by atoms with E-state index in [2.05, 4.69) is 0 Å². The molecule has 1 saturated carbocycles. The molecular formula is C19H20FN3O3. The van der Waals surface area contributed by atoms with Gasteiger partial charge in [0.15, 0.2) is 0 Å². The maximum Gasteiger partial charge on any atom is 0.330 e. The summed E-state index contributed by atoms with van der Waals surface area (Å²) >= 11 is 0. The van der Waals surface area contributed by atoms with Crippen LogP contribution in [0, 0.1) is 5.82 Å². The highest BCUT2D eigenvalue weighted by Crippen LogP contribution is 2.29. The van der Waals surface area contributed by atoms with E-state index in [1.165, 1.54) is 43.1 Å². The summed E-state index contributed by atoms with van der Waals surface area (Å²) in [7, 11) is 2.92. The molecule has 0 radical (unpaired) electrons. The van der Waals surface area contributed by atoms with E-state index in [1.807, 2.05) is 0 Å². The van der Waals surface area contributed by atoms with Gasteiger partial charge in [-0.2, -0.15) is 0 Å². The number of halogens is 1. The van der Waals surface area contributed by atoms with Crippen LogP contribution in [0.4, 0.5) is 4.39 Å². The molecule has 6 nitrogen and oxygen atoms in total. The summed E-state index contributed by atoms with van der Waals surface area (Å²) < 4.78 is 16.2. The zero-order valence-electron chi connectivity index (χ0n) is 14.7. The molecule has 1 fully saturated rings. The molecule has 26 heavy (non-hydrogen) atoms. The summed E-state index contributed by atoms with van der Waals surface area (Å²) in [6, 6.07) is 6.46. The normalized spacial score (nSPS) is 14.0. The zero-order chi connectivity index (χ0) is 18.8. The van der Waals surface area contributed by atoms with Crippen LogP contribution in [0.15, 0.2) is 46.1 Å². The van der Waals surface area contributed by atoms with Gasteiger partial charge in [-0.3, -0.25) is 14.2 Å². The number of benzene rings is 1. The van der Waals surface area contributed by atoms with Crippen LogP contribution in [0.3, 0.4) is 0 Å². The minimum Gasteiger partial charge on any atom is -0.332 e. The number of aromatic nitrogens is 2. The molecule has 1 heterocycles. The molecule has 0 saturated heterocycles. The molecule has 0 atom stereocenters. The number of hydrogen-bond donors (Lipinski definition) is 0. The summed E-state index contributed by atoms with van der Waals surface area (Å²) in [5.74, 6) is -0.631. The third-order valence-corrected chi connectivity index (χ3v) is 4.45. The highest BCUT2D eigenvalue weighted by atomic mass is 19.1. The van der Waals surface area contributed by atoms with Crippen LogP contribution in [-0.4, -0.2) is 26.0 Å². The summed E-state index contributed by atoms with van der Waals surface area (Å²) in [6.45, 7) is 0.186. The molecule has 0 bridgehead atoms. The van der Waals surface area contributed by atoms with Gasteiger partial charge in [-0.05, 0) is 25.0 Å². The average Bonchev–Trinajstić information content (AvgIpc) is 3.46. The number of hydrogen-bond acceptors (Lipinski definition) is 3. The lowest BCUT2D eigenvalue weighted by molar-refractivity contribution is -0.127. The Kier molecular flexibility index (Phi) is 4.88. The Bertz CT molecular complexity index is 986. The molecule has 1 aliphatic rings. The molecule has 1 amide bonds. The van der Waals surface area contributed by atoms with Gasteiger partial charge in [0.05, 0.1) is 5.56 Å². The maximum atomic E-state index is 13.9. The highest BCUT2D eigenvalue weighted by molar-refractivity contribution is 5.92. The number of amides is 1. The van der Waals surface area contributed by atoms with Gasteiger partial charge in [-0.1, -0.05) is 18.2 Å². The molecular weight excluding hydrogens is 337 g/mol. The Morgan fingerprint density at radius 3 is 2.62 bits per heavy atom. The standard InChI is InChI=1S/C19H20FN3O3/c1-21-11-14(18(25)22(2)19(21)26)7-10-17(24)23(15-8-9-15)12-13-5-3-4-6-16(13)20/h3-7,10-11,15H,8-9,12H2,1-2H3/b10-7+. The second kappa shape index (κ2) is 7.11. The van der Waals surface area contributed by atoms with Crippen molar-refractivity contribution >= 4 is 12.0 Å². The molecule has 7 heteroatoms. The predicted octanol–water partition coefficient (Wildman–Crippen LogP) is 1.43. The molecule has 136 valence electrons. The number of nitrogens with zero attached hydrogens (tertiary/aromatic N) is 3. The zero-order valence-corrected chi connectivity index (χ0v) is 14.7. The fourth-order valence-electron chi connectivity index (χ4n) is 2.79. The SMILES string of the molecule is Cn1cc(/C=C/C(=O)N(Cc2ccccc2F)C2CC2)c(=O)n(C)c1=O. The lowest BCUT2D eigenvalue weighted by Crippen LogP contribution is -2.37. The number of carbonyl (C=O) groups excluding carboxylic acids is 1. The van der Waals surface area contributed by atoms with Crippen molar-refractivity contribution in [1.82, 2.24) is 14.0 Å². The van der Waals surface area contributed by atoms with Crippen molar-refractivity contribution in [2.45, 2.75) is 25.4 Å². The molecule has 1 aromatic heterocycles. The molecule has 3 rings (SSSR count). The monoisotopic (exact) mass is 357 g/mol. The third-order valence-electron chi connectivity index (χ3n) is 4.45. The lowest BCUT2D eigenvalue weighted by Gasteiger charge is -2.21. The minimum absolute atomic E-state index is 0.0923. The lowest BCUT2D eigenvalue weighted by atomic mass is 10.2. The smallest absolute Gasteiger partial charge is 0.330 e. The van der Waals surface area contributed by atoms with E-state index in [0.29, 0.717) is 5.56 Å². The van der Waals surface area contributed by atoms with Gasteiger partial charge in [0.25, 0.3) is 5.56 Å². The van der Waals surface area contributed by atoms with E-state index < -0.39 is 11.2 Å². The topological polar surface area (TPSA) is 64.3 Å². The van der Waals surface area contributed by atoms with Gasteiger partial charge < -0.3 is 9.47 Å².